The van der Waals surface area contributed by atoms with E-state index in [1.165, 1.54) is 57.5 Å². The van der Waals surface area contributed by atoms with Gasteiger partial charge in [-0.25, -0.2) is 0 Å². The number of aromatic hydroxyl groups is 2. The lowest BCUT2D eigenvalue weighted by Crippen LogP contribution is -2.20. The zero-order chi connectivity index (χ0) is 25.9. The lowest BCUT2D eigenvalue weighted by atomic mass is 9.81. The van der Waals surface area contributed by atoms with Crippen LogP contribution in [0.1, 0.15) is 109 Å². The minimum atomic E-state index is -0.322. The predicted octanol–water partition coefficient (Wildman–Crippen LogP) is 7.13. The molecule has 2 aromatic heterocycles. The highest BCUT2D eigenvalue weighted by molar-refractivity contribution is 5.22. The number of rotatable bonds is 16. The van der Waals surface area contributed by atoms with Crippen LogP contribution in [0.3, 0.4) is 0 Å². The second-order valence-electron chi connectivity index (χ2n) is 11.6. The molecule has 0 radical (unpaired) electrons. The Morgan fingerprint density at radius 1 is 0.571 bits per heavy atom. The Morgan fingerprint density at radius 3 is 1.23 bits per heavy atom. The van der Waals surface area contributed by atoms with E-state index < -0.39 is 0 Å². The molecule has 0 spiro atoms. The topological polar surface area (TPSA) is 101 Å². The third kappa shape index (κ3) is 10.3. The fraction of sp³-hybridized carbons (Fsp3) is 0.655. The molecule has 0 aliphatic heterocycles. The van der Waals surface area contributed by atoms with Crippen LogP contribution in [-0.2, 0) is 12.8 Å². The molecule has 0 aliphatic carbocycles. The summed E-state index contributed by atoms with van der Waals surface area (Å²) in [5.74, 6) is -0.631. The Balaban J connectivity index is 1.51. The maximum atomic E-state index is 12.0. The van der Waals surface area contributed by atoms with Crippen LogP contribution in [0.25, 0.3) is 0 Å². The molecule has 6 heteroatoms. The fourth-order valence-electron chi connectivity index (χ4n) is 4.80. The summed E-state index contributed by atoms with van der Waals surface area (Å²) < 4.78 is 10.1. The Morgan fingerprint density at radius 2 is 0.886 bits per heavy atom. The zero-order valence-electron chi connectivity index (χ0n) is 22.0. The second-order valence-corrected chi connectivity index (χ2v) is 11.6. The van der Waals surface area contributed by atoms with Crippen LogP contribution in [-0.4, -0.2) is 10.2 Å². The minimum Gasteiger partial charge on any atom is -0.502 e. The van der Waals surface area contributed by atoms with E-state index in [1.807, 2.05) is 0 Å². The first-order valence-corrected chi connectivity index (χ1v) is 13.1. The van der Waals surface area contributed by atoms with E-state index in [1.54, 1.807) is 0 Å². The van der Waals surface area contributed by atoms with Crippen LogP contribution < -0.4 is 10.9 Å². The van der Waals surface area contributed by atoms with E-state index in [9.17, 15) is 19.8 Å². The van der Waals surface area contributed by atoms with Crippen LogP contribution in [0, 0.1) is 10.8 Å². The smallest absolute Gasteiger partial charge is 0.229 e. The van der Waals surface area contributed by atoms with E-state index >= 15 is 0 Å². The standard InChI is InChI=1S/C29H44O6/c1-28(2,16-22-18-34-20-24(30)26(22)32)14-12-10-8-6-5-7-9-11-13-15-29(3,4)17-23-19-35-21-25(31)27(23)33/h18-21,30-31H,5-17H2,1-4H3. The molecule has 0 atom stereocenters. The maximum absolute atomic E-state index is 12.0. The highest BCUT2D eigenvalue weighted by Gasteiger charge is 2.22. The monoisotopic (exact) mass is 488 g/mol. The van der Waals surface area contributed by atoms with Gasteiger partial charge < -0.3 is 19.0 Å². The van der Waals surface area contributed by atoms with Gasteiger partial charge >= 0.3 is 0 Å². The normalized spacial score (nSPS) is 12.2. The van der Waals surface area contributed by atoms with Crippen molar-refractivity contribution in [2.75, 3.05) is 0 Å². The molecule has 2 rings (SSSR count). The molecule has 0 aromatic carbocycles. The molecule has 0 aliphatic rings. The van der Waals surface area contributed by atoms with E-state index in [2.05, 4.69) is 27.7 Å². The fourth-order valence-corrected chi connectivity index (χ4v) is 4.80. The number of hydrogen-bond acceptors (Lipinski definition) is 6. The molecule has 0 fully saturated rings. The third-order valence-electron chi connectivity index (χ3n) is 6.87. The van der Waals surface area contributed by atoms with E-state index in [4.69, 9.17) is 8.83 Å². The van der Waals surface area contributed by atoms with Crippen molar-refractivity contribution in [3.63, 3.8) is 0 Å². The molecule has 35 heavy (non-hydrogen) atoms. The van der Waals surface area contributed by atoms with Gasteiger partial charge in [-0.05, 0) is 36.5 Å². The van der Waals surface area contributed by atoms with Gasteiger partial charge in [0.25, 0.3) is 0 Å². The highest BCUT2D eigenvalue weighted by atomic mass is 16.3. The van der Waals surface area contributed by atoms with Crippen LogP contribution in [0.4, 0.5) is 0 Å². The third-order valence-corrected chi connectivity index (χ3v) is 6.87. The molecule has 2 heterocycles. The van der Waals surface area contributed by atoms with Crippen molar-refractivity contribution >= 4 is 0 Å². The van der Waals surface area contributed by atoms with Gasteiger partial charge in [0.15, 0.2) is 11.5 Å². The van der Waals surface area contributed by atoms with Gasteiger partial charge in [-0.15, -0.1) is 0 Å². The van der Waals surface area contributed by atoms with Gasteiger partial charge in [-0.1, -0.05) is 85.5 Å². The Kier molecular flexibility index (Phi) is 11.1. The lowest BCUT2D eigenvalue weighted by molar-refractivity contribution is 0.309. The Labute approximate surface area is 209 Å². The largest absolute Gasteiger partial charge is 0.502 e. The van der Waals surface area contributed by atoms with Crippen LogP contribution in [0.15, 0.2) is 43.5 Å². The highest BCUT2D eigenvalue weighted by Crippen LogP contribution is 2.29. The molecule has 0 bridgehead atoms. The maximum Gasteiger partial charge on any atom is 0.229 e. The molecule has 6 nitrogen and oxygen atoms in total. The van der Waals surface area contributed by atoms with Crippen molar-refractivity contribution in [3.8, 4) is 11.5 Å². The summed E-state index contributed by atoms with van der Waals surface area (Å²) in [5, 5.41) is 19.1. The predicted molar refractivity (Wildman–Crippen MR) is 139 cm³/mol. The van der Waals surface area contributed by atoms with E-state index in [-0.39, 0.29) is 33.2 Å². The van der Waals surface area contributed by atoms with Crippen molar-refractivity contribution in [1.29, 1.82) is 0 Å². The van der Waals surface area contributed by atoms with Crippen LogP contribution in [0.5, 0.6) is 11.5 Å². The molecule has 2 N–H and O–H groups in total. The van der Waals surface area contributed by atoms with Crippen molar-refractivity contribution in [2.45, 2.75) is 111 Å². The van der Waals surface area contributed by atoms with Gasteiger partial charge in [0.05, 0.1) is 12.5 Å². The molecule has 0 saturated carbocycles. The van der Waals surface area contributed by atoms with Crippen molar-refractivity contribution in [1.82, 2.24) is 0 Å². The van der Waals surface area contributed by atoms with Crippen molar-refractivity contribution in [2.24, 2.45) is 10.8 Å². The van der Waals surface area contributed by atoms with Gasteiger partial charge in [0, 0.05) is 11.1 Å². The van der Waals surface area contributed by atoms with Crippen LogP contribution >= 0.6 is 0 Å². The summed E-state index contributed by atoms with van der Waals surface area (Å²) in [6.45, 7) is 8.65. The summed E-state index contributed by atoms with van der Waals surface area (Å²) >= 11 is 0. The molecule has 196 valence electrons. The minimum absolute atomic E-state index is 0.00116. The molecular weight excluding hydrogens is 444 g/mol. The van der Waals surface area contributed by atoms with Gasteiger partial charge in [0.1, 0.15) is 12.5 Å². The first-order valence-electron chi connectivity index (χ1n) is 13.1. The molecule has 0 amide bonds. The first-order chi connectivity index (χ1) is 16.5. The summed E-state index contributed by atoms with van der Waals surface area (Å²) in [7, 11) is 0. The number of unbranched alkanes of at least 4 members (excludes halogenated alkanes) is 8. The Bertz CT molecular complexity index is 933. The summed E-state index contributed by atoms with van der Waals surface area (Å²) in [6.07, 6.45) is 19.4. The lowest BCUT2D eigenvalue weighted by Gasteiger charge is -2.24. The Hall–Kier alpha value is -2.50. The number of hydrogen-bond donors (Lipinski definition) is 2. The van der Waals surface area contributed by atoms with E-state index in [0.29, 0.717) is 24.0 Å². The van der Waals surface area contributed by atoms with Crippen LogP contribution in [0.2, 0.25) is 0 Å². The zero-order valence-corrected chi connectivity index (χ0v) is 22.0. The van der Waals surface area contributed by atoms with Gasteiger partial charge in [-0.2, -0.15) is 0 Å². The van der Waals surface area contributed by atoms with Gasteiger partial charge in [-0.3, -0.25) is 9.59 Å². The van der Waals surface area contributed by atoms with Crippen molar-refractivity contribution in [3.05, 3.63) is 56.6 Å². The molecule has 0 saturated heterocycles. The molecule has 2 aromatic rings. The second kappa shape index (κ2) is 13.6. The first kappa shape index (κ1) is 28.7. The summed E-state index contributed by atoms with van der Waals surface area (Å²) in [6, 6.07) is 0. The quantitative estimate of drug-likeness (QED) is 0.244. The summed E-state index contributed by atoms with van der Waals surface area (Å²) in [5.41, 5.74) is 0.447. The average molecular weight is 489 g/mol. The van der Waals surface area contributed by atoms with Crippen molar-refractivity contribution < 1.29 is 19.0 Å². The molecular formula is C29H44O6. The summed E-state index contributed by atoms with van der Waals surface area (Å²) in [4.78, 5) is 24.0. The van der Waals surface area contributed by atoms with E-state index in [0.717, 1.165) is 38.2 Å². The SMILES string of the molecule is CC(C)(CCCCCCCCCCCC(C)(C)Cc1cocc(O)c1=O)Cc1cocc(O)c1=O. The molecule has 0 unspecified atom stereocenters. The van der Waals surface area contributed by atoms with Gasteiger partial charge in [0.2, 0.25) is 10.9 Å². The average Bonchev–Trinajstić information content (AvgIpc) is 2.78.